The lowest BCUT2D eigenvalue weighted by Gasteiger charge is -2.42. The summed E-state index contributed by atoms with van der Waals surface area (Å²) in [4.78, 5) is 5.32. The first-order chi connectivity index (χ1) is 15.9. The highest BCUT2D eigenvalue weighted by molar-refractivity contribution is 5.49. The van der Waals surface area contributed by atoms with Crippen molar-refractivity contribution in [3.05, 3.63) is 65.7 Å². The van der Waals surface area contributed by atoms with Gasteiger partial charge >= 0.3 is 0 Å². The summed E-state index contributed by atoms with van der Waals surface area (Å²) in [5, 5.41) is 0. The Hall–Kier alpha value is -1.84. The van der Waals surface area contributed by atoms with Crippen molar-refractivity contribution in [1.29, 1.82) is 0 Å². The Bertz CT molecular complexity index is 784. The summed E-state index contributed by atoms with van der Waals surface area (Å²) in [6.45, 7) is 13.7. The Labute approximate surface area is 203 Å². The highest BCUT2D eigenvalue weighted by Crippen LogP contribution is 2.25. The number of hydrogen-bond donors (Lipinski definition) is 1. The van der Waals surface area contributed by atoms with Gasteiger partial charge in [0, 0.05) is 37.4 Å². The number of piperidine rings is 1. The third kappa shape index (κ3) is 8.79. The van der Waals surface area contributed by atoms with Crippen LogP contribution in [0.5, 0.6) is 0 Å². The van der Waals surface area contributed by atoms with E-state index >= 15 is 0 Å². The molecule has 0 amide bonds. The minimum Gasteiger partial charge on any atom is -0.367 e. The first kappa shape index (κ1) is 25.8. The van der Waals surface area contributed by atoms with Crippen LogP contribution in [0, 0.1) is 11.8 Å². The van der Waals surface area contributed by atoms with Crippen molar-refractivity contribution < 1.29 is 0 Å². The predicted molar refractivity (Wildman–Crippen MR) is 144 cm³/mol. The third-order valence-electron chi connectivity index (χ3n) is 6.95. The lowest BCUT2D eigenvalue weighted by molar-refractivity contribution is 0.187. The van der Waals surface area contributed by atoms with Crippen LogP contribution in [-0.4, -0.2) is 43.2 Å². The van der Waals surface area contributed by atoms with Crippen LogP contribution in [0.25, 0.3) is 0 Å². The van der Waals surface area contributed by atoms with Crippen LogP contribution in [0.2, 0.25) is 0 Å². The fraction of sp³-hybridized carbons (Fsp3) is 0.600. The molecule has 0 spiro atoms. The van der Waals surface area contributed by atoms with E-state index in [9.17, 15) is 0 Å². The van der Waals surface area contributed by atoms with E-state index in [1.165, 1.54) is 42.6 Å². The van der Waals surface area contributed by atoms with E-state index in [1.54, 1.807) is 0 Å². The molecule has 2 aromatic rings. The molecule has 3 nitrogen and oxygen atoms in total. The van der Waals surface area contributed by atoms with Crippen LogP contribution in [0.4, 0.5) is 5.69 Å². The fourth-order valence-corrected chi connectivity index (χ4v) is 5.17. The van der Waals surface area contributed by atoms with Crippen molar-refractivity contribution in [2.75, 3.05) is 31.1 Å². The molecule has 1 fully saturated rings. The van der Waals surface area contributed by atoms with Gasteiger partial charge in [-0.25, -0.2) is 0 Å². The third-order valence-corrected chi connectivity index (χ3v) is 6.95. The van der Waals surface area contributed by atoms with Gasteiger partial charge in [0.25, 0.3) is 0 Å². The van der Waals surface area contributed by atoms with Gasteiger partial charge in [-0.2, -0.15) is 0 Å². The molecule has 2 N–H and O–H groups in total. The van der Waals surface area contributed by atoms with Gasteiger partial charge in [0.1, 0.15) is 0 Å². The number of rotatable bonds is 12. The summed E-state index contributed by atoms with van der Waals surface area (Å²) < 4.78 is 0. The summed E-state index contributed by atoms with van der Waals surface area (Å²) in [5.74, 6) is 1.39. The van der Waals surface area contributed by atoms with Crippen molar-refractivity contribution in [2.45, 2.75) is 78.3 Å². The molecule has 2 aromatic carbocycles. The summed E-state index contributed by atoms with van der Waals surface area (Å²) in [6.07, 6.45) is 7.10. The van der Waals surface area contributed by atoms with Crippen LogP contribution >= 0.6 is 0 Å². The van der Waals surface area contributed by atoms with E-state index in [0.717, 1.165) is 44.8 Å². The molecule has 1 heterocycles. The Morgan fingerprint density at radius 1 is 0.909 bits per heavy atom. The SMILES string of the molecule is CC(C)CCN(c1ccc(CCc2ccccc2)cc1)C1CCCN(CC(N)CC(C)C)C1. The molecule has 2 atom stereocenters. The molecule has 2 unspecified atom stereocenters. The zero-order chi connectivity index (χ0) is 23.6. The number of anilines is 1. The van der Waals surface area contributed by atoms with Crippen molar-refractivity contribution in [3.63, 3.8) is 0 Å². The van der Waals surface area contributed by atoms with Gasteiger partial charge in [0.2, 0.25) is 0 Å². The van der Waals surface area contributed by atoms with E-state index in [-0.39, 0.29) is 6.04 Å². The van der Waals surface area contributed by atoms with Gasteiger partial charge in [0.05, 0.1) is 0 Å². The van der Waals surface area contributed by atoms with Crippen molar-refractivity contribution in [3.8, 4) is 0 Å². The maximum atomic E-state index is 6.47. The summed E-state index contributed by atoms with van der Waals surface area (Å²) >= 11 is 0. The lowest BCUT2D eigenvalue weighted by atomic mass is 9.99. The monoisotopic (exact) mass is 449 g/mol. The second-order valence-electron chi connectivity index (χ2n) is 11.0. The molecule has 1 saturated heterocycles. The average molecular weight is 450 g/mol. The topological polar surface area (TPSA) is 32.5 Å². The molecule has 33 heavy (non-hydrogen) atoms. The van der Waals surface area contributed by atoms with E-state index in [4.69, 9.17) is 5.73 Å². The predicted octanol–water partition coefficient (Wildman–Crippen LogP) is 6.16. The number of aryl methyl sites for hydroxylation is 2. The largest absolute Gasteiger partial charge is 0.367 e. The number of nitrogens with two attached hydrogens (primary N) is 1. The maximum absolute atomic E-state index is 6.47. The van der Waals surface area contributed by atoms with Crippen LogP contribution in [-0.2, 0) is 12.8 Å². The van der Waals surface area contributed by atoms with Crippen LogP contribution in [0.1, 0.15) is 64.5 Å². The van der Waals surface area contributed by atoms with E-state index in [0.29, 0.717) is 12.0 Å². The average Bonchev–Trinajstić information content (AvgIpc) is 2.79. The van der Waals surface area contributed by atoms with Gasteiger partial charge in [-0.15, -0.1) is 0 Å². The zero-order valence-corrected chi connectivity index (χ0v) is 21.5. The van der Waals surface area contributed by atoms with E-state index < -0.39 is 0 Å². The molecule has 3 heteroatoms. The van der Waals surface area contributed by atoms with Crippen molar-refractivity contribution in [1.82, 2.24) is 4.90 Å². The molecule has 3 rings (SSSR count). The fourth-order valence-electron chi connectivity index (χ4n) is 5.17. The quantitative estimate of drug-likeness (QED) is 0.421. The Morgan fingerprint density at radius 2 is 1.58 bits per heavy atom. The molecular formula is C30H47N3. The van der Waals surface area contributed by atoms with Crippen molar-refractivity contribution in [2.24, 2.45) is 17.6 Å². The molecule has 1 aliphatic heterocycles. The number of likely N-dealkylation sites (tertiary alicyclic amines) is 1. The second kappa shape index (κ2) is 13.2. The van der Waals surface area contributed by atoms with E-state index in [2.05, 4.69) is 92.1 Å². The summed E-state index contributed by atoms with van der Waals surface area (Å²) in [7, 11) is 0. The Morgan fingerprint density at radius 3 is 2.21 bits per heavy atom. The first-order valence-electron chi connectivity index (χ1n) is 13.3. The minimum atomic E-state index is 0.289. The van der Waals surface area contributed by atoms with Gasteiger partial charge in [-0.05, 0) is 80.2 Å². The Balaban J connectivity index is 1.64. The van der Waals surface area contributed by atoms with E-state index in [1.807, 2.05) is 0 Å². The molecule has 0 radical (unpaired) electrons. The molecule has 0 aliphatic carbocycles. The van der Waals surface area contributed by atoms with Gasteiger partial charge in [0.15, 0.2) is 0 Å². The van der Waals surface area contributed by atoms with Crippen LogP contribution in [0.15, 0.2) is 54.6 Å². The molecule has 1 aliphatic rings. The highest BCUT2D eigenvalue weighted by atomic mass is 15.2. The summed E-state index contributed by atoms with van der Waals surface area (Å²) in [5.41, 5.74) is 10.7. The Kier molecular flexibility index (Phi) is 10.3. The maximum Gasteiger partial charge on any atom is 0.0417 e. The molecular weight excluding hydrogens is 402 g/mol. The van der Waals surface area contributed by atoms with Crippen LogP contribution in [0.3, 0.4) is 0 Å². The molecule has 0 bridgehead atoms. The number of nitrogens with zero attached hydrogens (tertiary/aromatic N) is 2. The van der Waals surface area contributed by atoms with Crippen LogP contribution < -0.4 is 10.6 Å². The van der Waals surface area contributed by atoms with Gasteiger partial charge < -0.3 is 10.6 Å². The number of benzene rings is 2. The minimum absolute atomic E-state index is 0.289. The standard InChI is InChI=1S/C30H47N3/c1-24(2)18-20-33(30-11-8-19-32(23-30)22-28(31)21-25(3)4)29-16-14-27(15-17-29)13-12-26-9-6-5-7-10-26/h5-7,9-10,14-17,24-25,28,30H,8,11-13,18-23,31H2,1-4H3. The molecule has 182 valence electrons. The number of hydrogen-bond acceptors (Lipinski definition) is 3. The smallest absolute Gasteiger partial charge is 0.0417 e. The lowest BCUT2D eigenvalue weighted by Crippen LogP contribution is -2.51. The van der Waals surface area contributed by atoms with Gasteiger partial charge in [-0.3, -0.25) is 4.90 Å². The van der Waals surface area contributed by atoms with Crippen molar-refractivity contribution >= 4 is 5.69 Å². The second-order valence-corrected chi connectivity index (χ2v) is 11.0. The first-order valence-corrected chi connectivity index (χ1v) is 13.3. The normalized spacial score (nSPS) is 18.1. The highest BCUT2D eigenvalue weighted by Gasteiger charge is 2.26. The molecule has 0 saturated carbocycles. The van der Waals surface area contributed by atoms with Gasteiger partial charge in [-0.1, -0.05) is 70.2 Å². The molecule has 0 aromatic heterocycles. The summed E-state index contributed by atoms with van der Waals surface area (Å²) in [6, 6.07) is 21.1. The zero-order valence-electron chi connectivity index (χ0n) is 21.5.